The fraction of sp³-hybridized carbons (Fsp3) is 0.545. The normalized spacial score (nSPS) is 18.8. The van der Waals surface area contributed by atoms with Crippen molar-refractivity contribution in [2.45, 2.75) is 58.5 Å². The van der Waals surface area contributed by atoms with Gasteiger partial charge >= 0.3 is 6.03 Å². The molecule has 2 rings (SSSR count). The van der Waals surface area contributed by atoms with Crippen LogP contribution in [-0.2, 0) is 20.8 Å². The number of hydrazine groups is 1. The number of nitrogens with zero attached hydrogens (tertiary/aromatic N) is 2. The van der Waals surface area contributed by atoms with Gasteiger partial charge in [0, 0.05) is 5.54 Å². The highest BCUT2D eigenvalue weighted by Gasteiger charge is 2.48. The third-order valence-corrected chi connectivity index (χ3v) is 4.95. The van der Waals surface area contributed by atoms with Crippen molar-refractivity contribution in [3.63, 3.8) is 0 Å². The Bertz CT molecular complexity index is 821. The smallest absolute Gasteiger partial charge is 0.344 e. The maximum Gasteiger partial charge on any atom is 0.344 e. The van der Waals surface area contributed by atoms with E-state index in [1.807, 2.05) is 58.0 Å². The first-order valence-electron chi connectivity index (χ1n) is 10.5. The quantitative estimate of drug-likeness (QED) is 0.509. The molecule has 0 aliphatic carbocycles. The van der Waals surface area contributed by atoms with Crippen molar-refractivity contribution in [1.29, 1.82) is 0 Å². The zero-order chi connectivity index (χ0) is 23.2. The highest BCUT2D eigenvalue weighted by atomic mass is 16.2. The van der Waals surface area contributed by atoms with Crippen LogP contribution < -0.4 is 16.1 Å². The predicted octanol–water partition coefficient (Wildman–Crippen LogP) is 1.20. The van der Waals surface area contributed by atoms with Crippen LogP contribution >= 0.6 is 0 Å². The molecule has 9 nitrogen and oxygen atoms in total. The Morgan fingerprint density at radius 2 is 1.71 bits per heavy atom. The van der Waals surface area contributed by atoms with Crippen LogP contribution in [0.1, 0.15) is 46.6 Å². The van der Waals surface area contributed by atoms with Gasteiger partial charge in [0.1, 0.15) is 5.54 Å². The molecule has 1 heterocycles. The summed E-state index contributed by atoms with van der Waals surface area (Å²) in [5.41, 5.74) is 1.96. The van der Waals surface area contributed by atoms with E-state index >= 15 is 0 Å². The molecule has 5 amide bonds. The average molecular weight is 432 g/mol. The third kappa shape index (κ3) is 7.06. The summed E-state index contributed by atoms with van der Waals surface area (Å²) >= 11 is 0. The topological polar surface area (TPSA) is 111 Å². The van der Waals surface area contributed by atoms with Gasteiger partial charge in [-0.05, 0) is 52.6 Å². The van der Waals surface area contributed by atoms with Gasteiger partial charge in [0.15, 0.2) is 0 Å². The molecule has 0 aromatic heterocycles. The van der Waals surface area contributed by atoms with Gasteiger partial charge in [0.05, 0.1) is 13.1 Å². The minimum Gasteiger partial charge on any atom is -0.350 e. The van der Waals surface area contributed by atoms with Gasteiger partial charge < -0.3 is 10.6 Å². The van der Waals surface area contributed by atoms with Crippen molar-refractivity contribution in [3.8, 4) is 0 Å². The number of aryl methyl sites for hydroxylation is 1. The number of hydrogen-bond acceptors (Lipinski definition) is 5. The van der Waals surface area contributed by atoms with Crippen LogP contribution in [0.3, 0.4) is 0 Å². The van der Waals surface area contributed by atoms with Crippen LogP contribution in [0.15, 0.2) is 30.3 Å². The SMILES string of the molecule is CCN(CC(=O)NN1C(=O)N[C@](C)(CCc2ccccc2)C1=O)CC(=O)NC(C)(C)C. The van der Waals surface area contributed by atoms with Crippen molar-refractivity contribution >= 4 is 23.8 Å². The Balaban J connectivity index is 1.92. The molecule has 1 saturated heterocycles. The van der Waals surface area contributed by atoms with Gasteiger partial charge in [-0.15, -0.1) is 0 Å². The van der Waals surface area contributed by atoms with Crippen molar-refractivity contribution in [2.75, 3.05) is 19.6 Å². The lowest BCUT2D eigenvalue weighted by atomic mass is 9.93. The van der Waals surface area contributed by atoms with E-state index < -0.39 is 23.4 Å². The fourth-order valence-electron chi connectivity index (χ4n) is 3.30. The largest absolute Gasteiger partial charge is 0.350 e. The van der Waals surface area contributed by atoms with E-state index in [1.54, 1.807) is 11.8 Å². The number of carbonyl (C=O) groups is 4. The van der Waals surface area contributed by atoms with E-state index in [0.29, 0.717) is 19.4 Å². The summed E-state index contributed by atoms with van der Waals surface area (Å²) in [5, 5.41) is 6.25. The second-order valence-electron chi connectivity index (χ2n) is 9.02. The maximum atomic E-state index is 12.8. The Hall–Kier alpha value is -2.94. The monoisotopic (exact) mass is 431 g/mol. The highest BCUT2D eigenvalue weighted by molar-refractivity contribution is 6.07. The summed E-state index contributed by atoms with van der Waals surface area (Å²) in [4.78, 5) is 51.4. The minimum atomic E-state index is -1.10. The number of hydrogen-bond donors (Lipinski definition) is 3. The van der Waals surface area contributed by atoms with Crippen LogP contribution in [0.5, 0.6) is 0 Å². The third-order valence-electron chi connectivity index (χ3n) is 4.95. The molecule has 9 heteroatoms. The van der Waals surface area contributed by atoms with Crippen molar-refractivity contribution in [1.82, 2.24) is 26.0 Å². The first-order valence-corrected chi connectivity index (χ1v) is 10.5. The Kier molecular flexibility index (Phi) is 7.78. The van der Waals surface area contributed by atoms with Gasteiger partial charge in [-0.25, -0.2) is 4.79 Å². The molecule has 1 fully saturated rings. The number of amides is 5. The molecule has 0 saturated carbocycles. The van der Waals surface area contributed by atoms with Crippen LogP contribution in [0, 0.1) is 0 Å². The lowest BCUT2D eigenvalue weighted by molar-refractivity contribution is -0.139. The lowest BCUT2D eigenvalue weighted by Gasteiger charge is -2.25. The molecule has 31 heavy (non-hydrogen) atoms. The molecule has 1 aliphatic rings. The summed E-state index contributed by atoms with van der Waals surface area (Å²) in [6.07, 6.45) is 1.01. The van der Waals surface area contributed by atoms with Crippen LogP contribution in [0.25, 0.3) is 0 Å². The summed E-state index contributed by atoms with van der Waals surface area (Å²) in [7, 11) is 0. The molecule has 1 aromatic rings. The van der Waals surface area contributed by atoms with E-state index in [9.17, 15) is 19.2 Å². The molecule has 0 spiro atoms. The summed E-state index contributed by atoms with van der Waals surface area (Å²) in [6, 6.07) is 9.00. The van der Waals surface area contributed by atoms with Gasteiger partial charge in [0.25, 0.3) is 11.8 Å². The first-order chi connectivity index (χ1) is 14.4. The zero-order valence-electron chi connectivity index (χ0n) is 18.9. The first kappa shape index (κ1) is 24.3. The van der Waals surface area contributed by atoms with E-state index in [1.165, 1.54) is 0 Å². The van der Waals surface area contributed by atoms with Gasteiger partial charge in [-0.2, -0.15) is 5.01 Å². The molecular formula is C22H33N5O4. The van der Waals surface area contributed by atoms with Crippen molar-refractivity contribution < 1.29 is 19.2 Å². The summed E-state index contributed by atoms with van der Waals surface area (Å²) in [6.45, 7) is 9.48. The fourth-order valence-corrected chi connectivity index (χ4v) is 3.30. The molecule has 1 aliphatic heterocycles. The molecule has 170 valence electrons. The lowest BCUT2D eigenvalue weighted by Crippen LogP contribution is -2.52. The van der Waals surface area contributed by atoms with E-state index in [0.717, 1.165) is 10.6 Å². The van der Waals surface area contributed by atoms with Gasteiger partial charge in [0.2, 0.25) is 5.91 Å². The summed E-state index contributed by atoms with van der Waals surface area (Å²) < 4.78 is 0. The molecule has 0 radical (unpaired) electrons. The number of benzene rings is 1. The standard InChI is InChI=1S/C22H33N5O4/c1-6-26(14-17(28)23-21(2,3)4)15-18(29)25-27-19(30)22(5,24-20(27)31)13-12-16-10-8-7-9-11-16/h7-11H,6,12-15H2,1-5H3,(H,23,28)(H,24,31)(H,25,29)/t22-/m1/s1. The molecule has 0 unspecified atom stereocenters. The molecular weight excluding hydrogens is 398 g/mol. The van der Waals surface area contributed by atoms with Crippen molar-refractivity contribution in [3.05, 3.63) is 35.9 Å². The van der Waals surface area contributed by atoms with E-state index in [4.69, 9.17) is 0 Å². The number of carbonyl (C=O) groups excluding carboxylic acids is 4. The van der Waals surface area contributed by atoms with Crippen LogP contribution in [-0.4, -0.2) is 64.4 Å². The number of nitrogens with one attached hydrogen (secondary N) is 3. The Labute approximate surface area is 183 Å². The number of likely N-dealkylation sites (N-methyl/N-ethyl adjacent to an activating group) is 1. The summed E-state index contributed by atoms with van der Waals surface area (Å²) in [5.74, 6) is -1.25. The van der Waals surface area contributed by atoms with Crippen LogP contribution in [0.2, 0.25) is 0 Å². The number of rotatable bonds is 9. The molecule has 3 N–H and O–H groups in total. The van der Waals surface area contributed by atoms with Crippen LogP contribution in [0.4, 0.5) is 4.79 Å². The van der Waals surface area contributed by atoms with Crippen molar-refractivity contribution in [2.24, 2.45) is 0 Å². The number of imide groups is 1. The second-order valence-corrected chi connectivity index (χ2v) is 9.02. The number of urea groups is 1. The Morgan fingerprint density at radius 3 is 2.29 bits per heavy atom. The molecule has 1 aromatic carbocycles. The second kappa shape index (κ2) is 9.91. The minimum absolute atomic E-state index is 0.0378. The van der Waals surface area contributed by atoms with Gasteiger partial charge in [-0.3, -0.25) is 24.7 Å². The Morgan fingerprint density at radius 1 is 1.10 bits per heavy atom. The van der Waals surface area contributed by atoms with E-state index in [-0.39, 0.29) is 24.5 Å². The van der Waals surface area contributed by atoms with Gasteiger partial charge in [-0.1, -0.05) is 37.3 Å². The molecule has 0 bridgehead atoms. The van der Waals surface area contributed by atoms with E-state index in [2.05, 4.69) is 16.1 Å². The maximum absolute atomic E-state index is 12.8. The molecule has 1 atom stereocenters. The zero-order valence-corrected chi connectivity index (χ0v) is 18.9. The average Bonchev–Trinajstić information content (AvgIpc) is 2.88. The predicted molar refractivity (Wildman–Crippen MR) is 117 cm³/mol. The highest BCUT2D eigenvalue weighted by Crippen LogP contribution is 2.22.